The lowest BCUT2D eigenvalue weighted by Crippen LogP contribution is -2.33. The van der Waals surface area contributed by atoms with Crippen molar-refractivity contribution < 1.29 is 4.79 Å². The van der Waals surface area contributed by atoms with E-state index >= 15 is 0 Å². The van der Waals surface area contributed by atoms with Crippen molar-refractivity contribution in [1.29, 1.82) is 0 Å². The fourth-order valence-electron chi connectivity index (χ4n) is 1.71. The number of hydrogen-bond acceptors (Lipinski definition) is 2. The van der Waals surface area contributed by atoms with Crippen LogP contribution in [0.1, 0.15) is 15.9 Å². The van der Waals surface area contributed by atoms with Gasteiger partial charge >= 0.3 is 0 Å². The van der Waals surface area contributed by atoms with Gasteiger partial charge in [-0.2, -0.15) is 0 Å². The third kappa shape index (κ3) is 1.92. The van der Waals surface area contributed by atoms with Crippen molar-refractivity contribution in [3.8, 4) is 0 Å². The zero-order valence-electron chi connectivity index (χ0n) is 8.04. The SMILES string of the molecule is NC(=S)Nc1cccc2c1CCNC2=O. The molecule has 0 saturated carbocycles. The van der Waals surface area contributed by atoms with Gasteiger partial charge in [-0.05, 0) is 36.3 Å². The Hall–Kier alpha value is -1.62. The molecule has 0 aliphatic carbocycles. The van der Waals surface area contributed by atoms with Crippen LogP contribution in [0.3, 0.4) is 0 Å². The van der Waals surface area contributed by atoms with Crippen molar-refractivity contribution >= 4 is 28.9 Å². The summed E-state index contributed by atoms with van der Waals surface area (Å²) in [5.74, 6) is -0.0390. The number of carbonyl (C=O) groups is 1. The minimum absolute atomic E-state index is 0.0390. The monoisotopic (exact) mass is 221 g/mol. The fraction of sp³-hybridized carbons (Fsp3) is 0.200. The molecule has 1 amide bonds. The van der Waals surface area contributed by atoms with Crippen LogP contribution in [0.4, 0.5) is 5.69 Å². The predicted molar refractivity (Wildman–Crippen MR) is 62.9 cm³/mol. The number of amides is 1. The Morgan fingerprint density at radius 2 is 2.33 bits per heavy atom. The number of nitrogens with two attached hydrogens (primary N) is 1. The molecule has 1 aliphatic rings. The first-order chi connectivity index (χ1) is 7.18. The van der Waals surface area contributed by atoms with E-state index < -0.39 is 0 Å². The fourth-order valence-corrected chi connectivity index (χ4v) is 1.82. The van der Waals surface area contributed by atoms with E-state index in [2.05, 4.69) is 10.6 Å². The Labute approximate surface area is 92.8 Å². The lowest BCUT2D eigenvalue weighted by Gasteiger charge is -2.19. The summed E-state index contributed by atoms with van der Waals surface area (Å²) in [6.07, 6.45) is 0.798. The van der Waals surface area contributed by atoms with Gasteiger partial charge in [0.05, 0.1) is 0 Å². The van der Waals surface area contributed by atoms with Gasteiger partial charge in [-0.25, -0.2) is 0 Å². The largest absolute Gasteiger partial charge is 0.376 e. The molecule has 0 saturated heterocycles. The standard InChI is InChI=1S/C10H11N3OS/c11-10(15)13-8-3-1-2-7-6(8)4-5-12-9(7)14/h1-3H,4-5H2,(H,12,14)(H3,11,13,15). The predicted octanol–water partition coefficient (Wildman–Crippen LogP) is 0.628. The number of benzene rings is 1. The smallest absolute Gasteiger partial charge is 0.251 e. The van der Waals surface area contributed by atoms with Crippen LogP contribution >= 0.6 is 12.2 Å². The third-order valence-electron chi connectivity index (χ3n) is 2.34. The summed E-state index contributed by atoms with van der Waals surface area (Å²) in [5.41, 5.74) is 7.92. The Morgan fingerprint density at radius 3 is 3.07 bits per heavy atom. The summed E-state index contributed by atoms with van der Waals surface area (Å²) in [4.78, 5) is 11.5. The van der Waals surface area contributed by atoms with Crippen LogP contribution in [0.25, 0.3) is 0 Å². The lowest BCUT2D eigenvalue weighted by molar-refractivity contribution is 0.0946. The zero-order chi connectivity index (χ0) is 10.8. The number of rotatable bonds is 1. The van der Waals surface area contributed by atoms with Crippen LogP contribution in [0.2, 0.25) is 0 Å². The first kappa shape index (κ1) is 9.92. The molecule has 2 rings (SSSR count). The van der Waals surface area contributed by atoms with Gasteiger partial charge in [-0.3, -0.25) is 4.79 Å². The Morgan fingerprint density at radius 1 is 1.53 bits per heavy atom. The third-order valence-corrected chi connectivity index (χ3v) is 2.44. The minimum atomic E-state index is -0.0390. The van der Waals surface area contributed by atoms with Crippen molar-refractivity contribution in [3.63, 3.8) is 0 Å². The number of hydrogen-bond donors (Lipinski definition) is 3. The Balaban J connectivity index is 2.44. The van der Waals surface area contributed by atoms with Gasteiger partial charge in [0, 0.05) is 17.8 Å². The molecule has 0 radical (unpaired) electrons. The summed E-state index contributed by atoms with van der Waals surface area (Å²) < 4.78 is 0. The highest BCUT2D eigenvalue weighted by Gasteiger charge is 2.18. The van der Waals surface area contributed by atoms with Crippen LogP contribution in [-0.2, 0) is 6.42 Å². The molecule has 0 bridgehead atoms. The van der Waals surface area contributed by atoms with Crippen molar-refractivity contribution in [2.75, 3.05) is 11.9 Å². The quantitative estimate of drug-likeness (QED) is 0.608. The van der Waals surface area contributed by atoms with Crippen molar-refractivity contribution in [2.45, 2.75) is 6.42 Å². The van der Waals surface area contributed by atoms with Gasteiger partial charge in [-0.1, -0.05) is 6.07 Å². The highest BCUT2D eigenvalue weighted by atomic mass is 32.1. The molecule has 78 valence electrons. The molecule has 1 heterocycles. The molecular formula is C10H11N3OS. The maximum absolute atomic E-state index is 11.5. The molecule has 1 aromatic rings. The molecule has 1 aromatic carbocycles. The van der Waals surface area contributed by atoms with Crippen LogP contribution in [0, 0.1) is 0 Å². The highest BCUT2D eigenvalue weighted by molar-refractivity contribution is 7.80. The number of thiocarbonyl (C=S) groups is 1. The molecule has 0 aromatic heterocycles. The summed E-state index contributed by atoms with van der Waals surface area (Å²) >= 11 is 4.78. The van der Waals surface area contributed by atoms with Gasteiger partial charge in [0.25, 0.3) is 5.91 Å². The molecule has 0 fully saturated rings. The molecule has 1 aliphatic heterocycles. The average Bonchev–Trinajstić information content (AvgIpc) is 2.19. The second kappa shape index (κ2) is 3.86. The first-order valence-corrected chi connectivity index (χ1v) is 5.06. The van der Waals surface area contributed by atoms with E-state index in [1.165, 1.54) is 0 Å². The molecule has 0 atom stereocenters. The summed E-state index contributed by atoms with van der Waals surface area (Å²) in [5, 5.41) is 5.89. The maximum atomic E-state index is 11.5. The molecule has 4 N–H and O–H groups in total. The van der Waals surface area contributed by atoms with Gasteiger partial charge in [0.15, 0.2) is 5.11 Å². The second-order valence-corrected chi connectivity index (χ2v) is 3.77. The van der Waals surface area contributed by atoms with Crippen LogP contribution in [-0.4, -0.2) is 17.6 Å². The van der Waals surface area contributed by atoms with E-state index in [9.17, 15) is 4.79 Å². The molecule has 0 spiro atoms. The van der Waals surface area contributed by atoms with Crippen LogP contribution in [0.15, 0.2) is 18.2 Å². The van der Waals surface area contributed by atoms with E-state index in [0.29, 0.717) is 12.1 Å². The normalized spacial score (nSPS) is 14.0. The van der Waals surface area contributed by atoms with Crippen LogP contribution in [0.5, 0.6) is 0 Å². The number of nitrogens with one attached hydrogen (secondary N) is 2. The van der Waals surface area contributed by atoms with Gasteiger partial charge in [0.2, 0.25) is 0 Å². The topological polar surface area (TPSA) is 67.2 Å². The minimum Gasteiger partial charge on any atom is -0.376 e. The molecule has 0 unspecified atom stereocenters. The van der Waals surface area contributed by atoms with Crippen LogP contribution < -0.4 is 16.4 Å². The van der Waals surface area contributed by atoms with Crippen molar-refractivity contribution in [2.24, 2.45) is 5.73 Å². The Bertz CT molecular complexity index is 431. The number of carbonyl (C=O) groups excluding carboxylic acids is 1. The van der Waals surface area contributed by atoms with Gasteiger partial charge in [-0.15, -0.1) is 0 Å². The first-order valence-electron chi connectivity index (χ1n) is 4.65. The molecule has 5 heteroatoms. The van der Waals surface area contributed by atoms with Crippen molar-refractivity contribution in [1.82, 2.24) is 5.32 Å². The summed E-state index contributed by atoms with van der Waals surface area (Å²) in [6.45, 7) is 0.655. The average molecular weight is 221 g/mol. The van der Waals surface area contributed by atoms with E-state index in [-0.39, 0.29) is 11.0 Å². The summed E-state index contributed by atoms with van der Waals surface area (Å²) in [6, 6.07) is 5.48. The van der Waals surface area contributed by atoms with E-state index in [4.69, 9.17) is 18.0 Å². The summed E-state index contributed by atoms with van der Waals surface area (Å²) in [7, 11) is 0. The molecule has 15 heavy (non-hydrogen) atoms. The van der Waals surface area contributed by atoms with Gasteiger partial charge in [0.1, 0.15) is 0 Å². The second-order valence-electron chi connectivity index (χ2n) is 3.33. The Kier molecular flexibility index (Phi) is 2.55. The van der Waals surface area contributed by atoms with E-state index in [1.54, 1.807) is 6.07 Å². The lowest BCUT2D eigenvalue weighted by atomic mass is 9.98. The molecular weight excluding hydrogens is 210 g/mol. The van der Waals surface area contributed by atoms with Gasteiger partial charge < -0.3 is 16.4 Å². The molecule has 4 nitrogen and oxygen atoms in total. The van der Waals surface area contributed by atoms with Crippen molar-refractivity contribution in [3.05, 3.63) is 29.3 Å². The van der Waals surface area contributed by atoms with E-state index in [1.807, 2.05) is 12.1 Å². The number of fused-ring (bicyclic) bond motifs is 1. The highest BCUT2D eigenvalue weighted by Crippen LogP contribution is 2.22. The zero-order valence-corrected chi connectivity index (χ0v) is 8.86. The van der Waals surface area contributed by atoms with E-state index in [0.717, 1.165) is 17.7 Å². The number of anilines is 1. The maximum Gasteiger partial charge on any atom is 0.251 e.